The highest BCUT2D eigenvalue weighted by molar-refractivity contribution is 6.02. The lowest BCUT2D eigenvalue weighted by molar-refractivity contribution is 0.0752. The van der Waals surface area contributed by atoms with E-state index >= 15 is 0 Å². The predicted molar refractivity (Wildman–Crippen MR) is 94.3 cm³/mol. The van der Waals surface area contributed by atoms with Crippen LogP contribution < -0.4 is 5.32 Å². The number of nitrogens with zero attached hydrogens (tertiary/aromatic N) is 3. The van der Waals surface area contributed by atoms with Crippen LogP contribution in [0, 0.1) is 0 Å². The molecule has 2 amide bonds. The molecule has 0 atom stereocenters. The molecule has 24 heavy (non-hydrogen) atoms. The summed E-state index contributed by atoms with van der Waals surface area (Å²) in [6.07, 6.45) is 4.40. The first kappa shape index (κ1) is 18.0. The van der Waals surface area contributed by atoms with Crippen molar-refractivity contribution in [2.45, 2.75) is 40.0 Å². The Bertz CT molecular complexity index is 702. The average molecular weight is 330 g/mol. The van der Waals surface area contributed by atoms with Crippen LogP contribution >= 0.6 is 0 Å². The lowest BCUT2D eigenvalue weighted by Crippen LogP contribution is -2.33. The number of amides is 2. The van der Waals surface area contributed by atoms with Gasteiger partial charge in [-0.25, -0.2) is 4.98 Å². The zero-order valence-corrected chi connectivity index (χ0v) is 14.7. The molecule has 0 bridgehead atoms. The summed E-state index contributed by atoms with van der Waals surface area (Å²) in [7, 11) is 0. The van der Waals surface area contributed by atoms with Gasteiger partial charge in [0, 0.05) is 25.8 Å². The van der Waals surface area contributed by atoms with E-state index in [1.165, 1.54) is 0 Å². The molecule has 0 unspecified atom stereocenters. The van der Waals surface area contributed by atoms with Crippen LogP contribution in [0.2, 0.25) is 0 Å². The summed E-state index contributed by atoms with van der Waals surface area (Å²) in [6.45, 7) is 8.05. The van der Waals surface area contributed by atoms with E-state index in [0.717, 1.165) is 19.3 Å². The molecule has 0 spiro atoms. The summed E-state index contributed by atoms with van der Waals surface area (Å²) < 4.78 is 1.69. The third-order valence-electron chi connectivity index (χ3n) is 3.76. The standard InChI is InChI=1S/C18H26N4O2/c1-4-10-19-17(23)16-20-15(14-9-7-8-13-22(14)16)18(24)21(11-5-2)12-6-3/h7-9,13H,4-6,10-12H2,1-3H3,(H,19,23). The molecule has 6 heteroatoms. The van der Waals surface area contributed by atoms with Crippen molar-refractivity contribution in [2.24, 2.45) is 0 Å². The van der Waals surface area contributed by atoms with Crippen molar-refractivity contribution in [1.29, 1.82) is 0 Å². The average Bonchev–Trinajstić information content (AvgIpc) is 2.98. The minimum atomic E-state index is -0.255. The number of aromatic nitrogens is 2. The van der Waals surface area contributed by atoms with Crippen molar-refractivity contribution in [1.82, 2.24) is 19.6 Å². The highest BCUT2D eigenvalue weighted by Crippen LogP contribution is 2.16. The van der Waals surface area contributed by atoms with E-state index in [2.05, 4.69) is 10.3 Å². The summed E-state index contributed by atoms with van der Waals surface area (Å²) in [4.78, 5) is 31.5. The number of hydrogen-bond acceptors (Lipinski definition) is 3. The Balaban J connectivity index is 2.43. The first-order valence-corrected chi connectivity index (χ1v) is 8.68. The second kappa shape index (κ2) is 8.47. The number of carbonyl (C=O) groups is 2. The van der Waals surface area contributed by atoms with E-state index in [0.29, 0.717) is 30.8 Å². The van der Waals surface area contributed by atoms with Gasteiger partial charge in [0.1, 0.15) is 0 Å². The SMILES string of the molecule is CCCNC(=O)c1nc(C(=O)N(CCC)CCC)c2ccccn12. The fraction of sp³-hybridized carbons (Fsp3) is 0.500. The van der Waals surface area contributed by atoms with Crippen LogP contribution in [0.1, 0.15) is 61.1 Å². The zero-order valence-electron chi connectivity index (χ0n) is 14.7. The Morgan fingerprint density at radius 2 is 1.83 bits per heavy atom. The van der Waals surface area contributed by atoms with Crippen LogP contribution in [0.5, 0.6) is 0 Å². The van der Waals surface area contributed by atoms with Gasteiger partial charge >= 0.3 is 0 Å². The highest BCUT2D eigenvalue weighted by atomic mass is 16.2. The van der Waals surface area contributed by atoms with Gasteiger partial charge in [-0.2, -0.15) is 0 Å². The Labute approximate surface area is 142 Å². The van der Waals surface area contributed by atoms with Crippen LogP contribution in [0.4, 0.5) is 0 Å². The summed E-state index contributed by atoms with van der Waals surface area (Å²) in [5.41, 5.74) is 1.01. The van der Waals surface area contributed by atoms with E-state index < -0.39 is 0 Å². The second-order valence-corrected chi connectivity index (χ2v) is 5.79. The van der Waals surface area contributed by atoms with Gasteiger partial charge in [-0.15, -0.1) is 0 Å². The molecule has 6 nitrogen and oxygen atoms in total. The van der Waals surface area contributed by atoms with E-state index in [1.807, 2.05) is 43.9 Å². The van der Waals surface area contributed by atoms with Gasteiger partial charge in [0.05, 0.1) is 5.52 Å². The van der Waals surface area contributed by atoms with E-state index in [1.54, 1.807) is 10.6 Å². The molecule has 130 valence electrons. The zero-order chi connectivity index (χ0) is 17.5. The van der Waals surface area contributed by atoms with E-state index in [9.17, 15) is 9.59 Å². The monoisotopic (exact) mass is 330 g/mol. The molecule has 0 fully saturated rings. The van der Waals surface area contributed by atoms with Crippen molar-refractivity contribution in [2.75, 3.05) is 19.6 Å². The van der Waals surface area contributed by atoms with Gasteiger partial charge in [-0.3, -0.25) is 14.0 Å². The number of fused-ring (bicyclic) bond motifs is 1. The maximum absolute atomic E-state index is 12.9. The molecule has 0 aliphatic rings. The van der Waals surface area contributed by atoms with Crippen molar-refractivity contribution < 1.29 is 9.59 Å². The van der Waals surface area contributed by atoms with Crippen LogP contribution in [-0.2, 0) is 0 Å². The molecule has 0 aromatic carbocycles. The fourth-order valence-corrected chi connectivity index (χ4v) is 2.68. The smallest absolute Gasteiger partial charge is 0.287 e. The predicted octanol–water partition coefficient (Wildman–Crippen LogP) is 2.74. The van der Waals surface area contributed by atoms with Gasteiger partial charge in [0.2, 0.25) is 5.82 Å². The normalized spacial score (nSPS) is 10.8. The minimum absolute atomic E-state index is 0.114. The van der Waals surface area contributed by atoms with Crippen LogP contribution in [-0.4, -0.2) is 45.7 Å². The molecule has 2 rings (SSSR count). The van der Waals surface area contributed by atoms with Gasteiger partial charge in [0.25, 0.3) is 11.8 Å². The lowest BCUT2D eigenvalue weighted by Gasteiger charge is -2.20. The molecule has 0 aliphatic carbocycles. The molecule has 2 aromatic heterocycles. The molecule has 0 aliphatic heterocycles. The van der Waals surface area contributed by atoms with Crippen molar-refractivity contribution in [3.63, 3.8) is 0 Å². The van der Waals surface area contributed by atoms with E-state index in [-0.39, 0.29) is 17.6 Å². The number of nitrogens with one attached hydrogen (secondary N) is 1. The lowest BCUT2D eigenvalue weighted by atomic mass is 10.2. The first-order valence-electron chi connectivity index (χ1n) is 8.68. The van der Waals surface area contributed by atoms with Crippen LogP contribution in [0.25, 0.3) is 5.52 Å². The molecular weight excluding hydrogens is 304 g/mol. The largest absolute Gasteiger partial charge is 0.349 e. The minimum Gasteiger partial charge on any atom is -0.349 e. The number of carbonyl (C=O) groups excluding carboxylic acids is 2. The molecule has 0 radical (unpaired) electrons. The fourth-order valence-electron chi connectivity index (χ4n) is 2.68. The first-order chi connectivity index (χ1) is 11.6. The van der Waals surface area contributed by atoms with Gasteiger partial charge in [0.15, 0.2) is 5.69 Å². The number of rotatable bonds is 8. The topological polar surface area (TPSA) is 66.7 Å². The van der Waals surface area contributed by atoms with Crippen molar-refractivity contribution in [3.8, 4) is 0 Å². The maximum atomic E-state index is 12.9. The molecule has 0 saturated carbocycles. The molecule has 2 aromatic rings. The summed E-state index contributed by atoms with van der Waals surface area (Å²) in [5, 5.41) is 2.83. The van der Waals surface area contributed by atoms with Gasteiger partial charge < -0.3 is 10.2 Å². The molecule has 1 N–H and O–H groups in total. The maximum Gasteiger partial charge on any atom is 0.287 e. The van der Waals surface area contributed by atoms with Gasteiger partial charge in [-0.05, 0) is 31.4 Å². The molecular formula is C18H26N4O2. The molecule has 0 saturated heterocycles. The molecule has 2 heterocycles. The highest BCUT2D eigenvalue weighted by Gasteiger charge is 2.24. The summed E-state index contributed by atoms with van der Waals surface area (Å²) >= 11 is 0. The summed E-state index contributed by atoms with van der Waals surface area (Å²) in [5.74, 6) is -0.109. The third kappa shape index (κ3) is 3.75. The number of pyridine rings is 1. The number of hydrogen-bond donors (Lipinski definition) is 1. The second-order valence-electron chi connectivity index (χ2n) is 5.79. The Hall–Kier alpha value is -2.37. The quantitative estimate of drug-likeness (QED) is 0.809. The van der Waals surface area contributed by atoms with Gasteiger partial charge in [-0.1, -0.05) is 26.8 Å². The van der Waals surface area contributed by atoms with Crippen LogP contribution in [0.3, 0.4) is 0 Å². The summed E-state index contributed by atoms with van der Waals surface area (Å²) in [6, 6.07) is 5.51. The van der Waals surface area contributed by atoms with Crippen molar-refractivity contribution >= 4 is 17.3 Å². The van der Waals surface area contributed by atoms with Crippen LogP contribution in [0.15, 0.2) is 24.4 Å². The van der Waals surface area contributed by atoms with E-state index in [4.69, 9.17) is 0 Å². The van der Waals surface area contributed by atoms with Crippen molar-refractivity contribution in [3.05, 3.63) is 35.9 Å². The Morgan fingerprint density at radius 3 is 2.46 bits per heavy atom. The Morgan fingerprint density at radius 1 is 1.12 bits per heavy atom. The third-order valence-corrected chi connectivity index (χ3v) is 3.76. The number of imidazole rings is 1. The Kier molecular flexibility index (Phi) is 6.35.